The molecule has 0 aromatic heterocycles. The van der Waals surface area contributed by atoms with Crippen LogP contribution in [-0.4, -0.2) is 87.4 Å². The smallest absolute Gasteiger partial charge is 0.361 e. The zero-order valence-corrected chi connectivity index (χ0v) is 61.1. The van der Waals surface area contributed by atoms with Crippen molar-refractivity contribution in [3.05, 3.63) is 24.3 Å². The van der Waals surface area contributed by atoms with E-state index in [0.29, 0.717) is 17.4 Å². The molecule has 0 heterocycles. The van der Waals surface area contributed by atoms with E-state index in [9.17, 15) is 19.5 Å². The molecule has 0 rings (SSSR count). The van der Waals surface area contributed by atoms with Gasteiger partial charge >= 0.3 is 17.9 Å². The van der Waals surface area contributed by atoms with Gasteiger partial charge in [-0.3, -0.25) is 9.59 Å². The minimum Gasteiger partial charge on any atom is -0.477 e. The van der Waals surface area contributed by atoms with Crippen LogP contribution in [0.3, 0.4) is 0 Å². The van der Waals surface area contributed by atoms with Gasteiger partial charge in [0, 0.05) is 12.8 Å². The number of hydrogen-bond donors (Lipinski definition) is 1. The molecule has 2 unspecified atom stereocenters. The van der Waals surface area contributed by atoms with Crippen LogP contribution in [0, 0.1) is 0 Å². The molecular formula is C81H156NO8+. The lowest BCUT2D eigenvalue weighted by molar-refractivity contribution is -0.870. The summed E-state index contributed by atoms with van der Waals surface area (Å²) in [6.07, 6.45) is 89.2. The average Bonchev–Trinajstić information content (AvgIpc) is 3.74. The van der Waals surface area contributed by atoms with Crippen LogP contribution < -0.4 is 0 Å². The molecule has 0 bridgehead atoms. The van der Waals surface area contributed by atoms with Crippen molar-refractivity contribution in [2.75, 3.05) is 47.5 Å². The topological polar surface area (TPSA) is 108 Å². The van der Waals surface area contributed by atoms with Gasteiger partial charge in [-0.15, -0.1) is 0 Å². The zero-order chi connectivity index (χ0) is 65.4. The number of aliphatic carboxylic acids is 1. The Bertz CT molecular complexity index is 1530. The summed E-state index contributed by atoms with van der Waals surface area (Å²) in [5.74, 6) is -1.97. The normalized spacial score (nSPS) is 12.7. The number of rotatable bonds is 76. The summed E-state index contributed by atoms with van der Waals surface area (Å²) >= 11 is 0. The molecule has 0 saturated carbocycles. The molecular weight excluding hydrogens is 1110 g/mol. The first-order chi connectivity index (χ1) is 44.1. The standard InChI is InChI=1S/C81H155NO8/c1-6-8-10-12-14-16-18-20-22-24-26-28-30-32-34-35-36-37-38-39-40-41-42-43-44-46-47-49-51-53-55-57-59-61-63-65-67-69-71-78(83)88-75-77(76-89-81(80(85)86)87-74-73-82(3,4)5)90-79(84)72-70-68-66-64-62-60-58-56-54-52-50-48-45-33-31-29-27-25-23-21-19-17-15-13-11-9-7-2/h19,21,25,27,77,81H,6-18,20,22-24,26,28-76H2,1-5H3/p+1/b21-19-,27-25-. The molecule has 0 saturated heterocycles. The molecule has 1 N–H and O–H groups in total. The molecule has 0 aliphatic rings. The van der Waals surface area contributed by atoms with Crippen molar-refractivity contribution < 1.29 is 42.9 Å². The molecule has 0 amide bonds. The summed E-state index contributed by atoms with van der Waals surface area (Å²) in [6.45, 7) is 4.95. The van der Waals surface area contributed by atoms with E-state index in [1.165, 1.54) is 347 Å². The number of hydrogen-bond acceptors (Lipinski definition) is 7. The molecule has 0 fully saturated rings. The van der Waals surface area contributed by atoms with E-state index in [-0.39, 0.29) is 38.2 Å². The Kier molecular flexibility index (Phi) is 70.8. The van der Waals surface area contributed by atoms with Crippen molar-refractivity contribution in [1.82, 2.24) is 0 Å². The van der Waals surface area contributed by atoms with Crippen LogP contribution in [-0.2, 0) is 33.3 Å². The largest absolute Gasteiger partial charge is 0.477 e. The maximum Gasteiger partial charge on any atom is 0.361 e. The van der Waals surface area contributed by atoms with Gasteiger partial charge in [0.1, 0.15) is 13.2 Å². The van der Waals surface area contributed by atoms with Crippen molar-refractivity contribution >= 4 is 17.9 Å². The summed E-state index contributed by atoms with van der Waals surface area (Å²) in [5.41, 5.74) is 0. The summed E-state index contributed by atoms with van der Waals surface area (Å²) in [6, 6.07) is 0. The number of nitrogens with zero attached hydrogens (tertiary/aromatic N) is 1. The van der Waals surface area contributed by atoms with Gasteiger partial charge in [0.25, 0.3) is 6.29 Å². The number of carboxylic acids is 1. The third-order valence-electron chi connectivity index (χ3n) is 18.5. The van der Waals surface area contributed by atoms with Crippen molar-refractivity contribution in [1.29, 1.82) is 0 Å². The SMILES string of the molecule is CCCCCCC/C=C\C/C=C\CCCCCCCCCCCCCCCCCC(=O)OC(COC(=O)CCCCCCCCCCCCCCCCCCCCCCCCCCCCCCCCCCCCCCCC)COC(OCC[N+](C)(C)C)C(=O)O. The molecule has 2 atom stereocenters. The zero-order valence-electron chi connectivity index (χ0n) is 61.1. The average molecular weight is 1270 g/mol. The molecule has 0 spiro atoms. The van der Waals surface area contributed by atoms with Crippen molar-refractivity contribution in [3.63, 3.8) is 0 Å². The Morgan fingerprint density at radius 2 is 0.600 bits per heavy atom. The van der Waals surface area contributed by atoms with E-state index in [1.807, 2.05) is 21.1 Å². The summed E-state index contributed by atoms with van der Waals surface area (Å²) < 4.78 is 23.1. The Morgan fingerprint density at radius 3 is 0.878 bits per heavy atom. The van der Waals surface area contributed by atoms with Crippen LogP contribution in [0.1, 0.15) is 418 Å². The van der Waals surface area contributed by atoms with Crippen LogP contribution in [0.5, 0.6) is 0 Å². The second-order valence-electron chi connectivity index (χ2n) is 28.7. The third-order valence-corrected chi connectivity index (χ3v) is 18.5. The summed E-state index contributed by atoms with van der Waals surface area (Å²) in [4.78, 5) is 37.7. The van der Waals surface area contributed by atoms with E-state index in [2.05, 4.69) is 38.2 Å². The minimum atomic E-state index is -1.51. The number of esters is 2. The van der Waals surface area contributed by atoms with E-state index in [0.717, 1.165) is 44.9 Å². The van der Waals surface area contributed by atoms with Crippen LogP contribution in [0.15, 0.2) is 24.3 Å². The van der Waals surface area contributed by atoms with Crippen LogP contribution in [0.25, 0.3) is 0 Å². The number of carbonyl (C=O) groups is 3. The Balaban J connectivity index is 3.94. The highest BCUT2D eigenvalue weighted by Gasteiger charge is 2.25. The summed E-state index contributed by atoms with van der Waals surface area (Å²) in [5, 5.41) is 9.77. The van der Waals surface area contributed by atoms with Crippen LogP contribution in [0.4, 0.5) is 0 Å². The highest BCUT2D eigenvalue weighted by atomic mass is 16.7. The summed E-state index contributed by atoms with van der Waals surface area (Å²) in [7, 11) is 6.00. The number of carboxylic acid groups (broad SMARTS) is 1. The van der Waals surface area contributed by atoms with E-state index >= 15 is 0 Å². The van der Waals surface area contributed by atoms with Gasteiger partial charge < -0.3 is 28.5 Å². The first-order valence-electron chi connectivity index (χ1n) is 40.0. The maximum absolute atomic E-state index is 13.0. The van der Waals surface area contributed by atoms with Gasteiger partial charge in [0.05, 0.1) is 34.4 Å². The molecule has 0 radical (unpaired) electrons. The molecule has 532 valence electrons. The van der Waals surface area contributed by atoms with Gasteiger partial charge in [-0.2, -0.15) is 0 Å². The Labute approximate surface area is 560 Å². The van der Waals surface area contributed by atoms with Crippen molar-refractivity contribution in [2.45, 2.75) is 431 Å². The second-order valence-corrected chi connectivity index (χ2v) is 28.7. The maximum atomic E-state index is 13.0. The molecule has 0 aromatic rings. The number of carbonyl (C=O) groups excluding carboxylic acids is 2. The molecule has 0 aromatic carbocycles. The fourth-order valence-corrected chi connectivity index (χ4v) is 12.3. The van der Waals surface area contributed by atoms with Crippen LogP contribution in [0.2, 0.25) is 0 Å². The molecule has 0 aliphatic heterocycles. The lowest BCUT2D eigenvalue weighted by Gasteiger charge is -2.25. The number of quaternary nitrogens is 1. The van der Waals surface area contributed by atoms with Crippen molar-refractivity contribution in [2.24, 2.45) is 0 Å². The molecule has 9 nitrogen and oxygen atoms in total. The number of likely N-dealkylation sites (N-methyl/N-ethyl adjacent to an activating group) is 1. The highest BCUT2D eigenvalue weighted by molar-refractivity contribution is 5.71. The molecule has 90 heavy (non-hydrogen) atoms. The van der Waals surface area contributed by atoms with E-state index in [4.69, 9.17) is 18.9 Å². The first kappa shape index (κ1) is 87.8. The monoisotopic (exact) mass is 1270 g/mol. The molecule has 9 heteroatoms. The van der Waals surface area contributed by atoms with Crippen molar-refractivity contribution in [3.8, 4) is 0 Å². The highest BCUT2D eigenvalue weighted by Crippen LogP contribution is 2.20. The Morgan fingerprint density at radius 1 is 0.333 bits per heavy atom. The van der Waals surface area contributed by atoms with Gasteiger partial charge in [-0.25, -0.2) is 4.79 Å². The van der Waals surface area contributed by atoms with E-state index < -0.39 is 18.4 Å². The number of allylic oxidation sites excluding steroid dienone is 4. The number of ether oxygens (including phenoxy) is 4. The third kappa shape index (κ3) is 73.2. The van der Waals surface area contributed by atoms with Crippen LogP contribution >= 0.6 is 0 Å². The fraction of sp³-hybridized carbons (Fsp3) is 0.914. The predicted molar refractivity (Wildman–Crippen MR) is 388 cm³/mol. The Hall–Kier alpha value is -2.23. The fourth-order valence-electron chi connectivity index (χ4n) is 12.3. The minimum absolute atomic E-state index is 0.175. The first-order valence-corrected chi connectivity index (χ1v) is 40.0. The number of unbranched alkanes of at least 4 members (excludes halogenated alkanes) is 57. The predicted octanol–water partition coefficient (Wildman–Crippen LogP) is 25.3. The van der Waals surface area contributed by atoms with Gasteiger partial charge in [0.15, 0.2) is 6.10 Å². The second kappa shape index (κ2) is 72.6. The van der Waals surface area contributed by atoms with Gasteiger partial charge in [0.2, 0.25) is 0 Å². The van der Waals surface area contributed by atoms with E-state index in [1.54, 1.807) is 0 Å². The quantitative estimate of drug-likeness (QED) is 0.0211. The molecule has 0 aliphatic carbocycles. The van der Waals surface area contributed by atoms with Gasteiger partial charge in [-0.1, -0.05) is 385 Å². The van der Waals surface area contributed by atoms with Gasteiger partial charge in [-0.05, 0) is 44.9 Å². The lowest BCUT2D eigenvalue weighted by Crippen LogP contribution is -2.40. The lowest BCUT2D eigenvalue weighted by atomic mass is 10.0.